The quantitative estimate of drug-likeness (QED) is 0.676. The fourth-order valence-electron chi connectivity index (χ4n) is 1.29. The summed E-state index contributed by atoms with van der Waals surface area (Å²) >= 11 is 0. The van der Waals surface area contributed by atoms with Gasteiger partial charge in [-0.05, 0) is 26.8 Å². The van der Waals surface area contributed by atoms with Gasteiger partial charge in [0.25, 0.3) is 5.69 Å². The molecular weight excluding hydrogens is 255 g/mol. The van der Waals surface area contributed by atoms with Crippen LogP contribution in [0, 0.1) is 15.9 Å². The maximum absolute atomic E-state index is 13.4. The van der Waals surface area contributed by atoms with Gasteiger partial charge in [-0.15, -0.1) is 0 Å². The Morgan fingerprint density at radius 2 is 2.11 bits per heavy atom. The van der Waals surface area contributed by atoms with E-state index in [2.05, 4.69) is 5.32 Å². The topological polar surface area (TPSA) is 81.5 Å². The molecule has 1 amide bonds. The van der Waals surface area contributed by atoms with Gasteiger partial charge in [0.15, 0.2) is 0 Å². The molecule has 0 aliphatic heterocycles. The second-order valence-electron chi connectivity index (χ2n) is 4.89. The number of nitrogens with one attached hydrogen (secondary N) is 1. The zero-order valence-electron chi connectivity index (χ0n) is 10.9. The lowest BCUT2D eigenvalue weighted by atomic mass is 10.2. The summed E-state index contributed by atoms with van der Waals surface area (Å²) in [4.78, 5) is 21.3. The van der Waals surface area contributed by atoms with Crippen molar-refractivity contribution < 1.29 is 18.8 Å². The second-order valence-corrected chi connectivity index (χ2v) is 4.89. The number of alkyl carbamates (subject to hydrolysis) is 1. The zero-order valence-corrected chi connectivity index (χ0v) is 10.9. The van der Waals surface area contributed by atoms with E-state index in [1.807, 2.05) is 0 Å². The summed E-state index contributed by atoms with van der Waals surface area (Å²) in [5.74, 6) is -0.623. The van der Waals surface area contributed by atoms with Crippen LogP contribution < -0.4 is 5.32 Å². The number of nitro benzene ring substituents is 1. The summed E-state index contributed by atoms with van der Waals surface area (Å²) in [6.07, 6.45) is -0.710. The Hall–Kier alpha value is -2.18. The Bertz CT molecular complexity index is 497. The van der Waals surface area contributed by atoms with Crippen LogP contribution in [0.1, 0.15) is 26.3 Å². The molecule has 0 heterocycles. The van der Waals surface area contributed by atoms with Crippen molar-refractivity contribution in [2.24, 2.45) is 0 Å². The van der Waals surface area contributed by atoms with E-state index in [4.69, 9.17) is 4.74 Å². The molecule has 0 spiro atoms. The first-order chi connectivity index (χ1) is 8.69. The number of non-ortho nitro benzene ring substituents is 1. The molecule has 0 saturated carbocycles. The van der Waals surface area contributed by atoms with Crippen LogP contribution >= 0.6 is 0 Å². The van der Waals surface area contributed by atoms with Gasteiger partial charge >= 0.3 is 6.09 Å². The first-order valence-electron chi connectivity index (χ1n) is 5.59. The highest BCUT2D eigenvalue weighted by molar-refractivity contribution is 5.67. The Balaban J connectivity index is 2.70. The van der Waals surface area contributed by atoms with Crippen LogP contribution in [0.3, 0.4) is 0 Å². The highest BCUT2D eigenvalue weighted by atomic mass is 19.1. The highest BCUT2D eigenvalue weighted by Crippen LogP contribution is 2.16. The van der Waals surface area contributed by atoms with E-state index in [-0.39, 0.29) is 17.8 Å². The minimum Gasteiger partial charge on any atom is -0.444 e. The normalized spacial score (nSPS) is 10.9. The van der Waals surface area contributed by atoms with Crippen LogP contribution in [-0.2, 0) is 11.3 Å². The second kappa shape index (κ2) is 5.64. The number of ether oxygens (including phenoxy) is 1. The van der Waals surface area contributed by atoms with E-state index in [9.17, 15) is 19.3 Å². The van der Waals surface area contributed by atoms with Crippen LogP contribution in [0.2, 0.25) is 0 Å². The Kier molecular flexibility index (Phi) is 4.42. The summed E-state index contributed by atoms with van der Waals surface area (Å²) in [6, 6.07) is 3.13. The molecule has 0 bridgehead atoms. The van der Waals surface area contributed by atoms with Crippen molar-refractivity contribution in [2.75, 3.05) is 0 Å². The molecule has 0 radical (unpaired) electrons. The predicted octanol–water partition coefficient (Wildman–Crippen LogP) is 2.76. The van der Waals surface area contributed by atoms with Crippen molar-refractivity contribution in [3.05, 3.63) is 39.7 Å². The molecule has 0 fully saturated rings. The van der Waals surface area contributed by atoms with Crippen molar-refractivity contribution in [3.63, 3.8) is 0 Å². The number of carbonyl (C=O) groups excluding carboxylic acids is 1. The fourth-order valence-corrected chi connectivity index (χ4v) is 1.29. The molecule has 0 unspecified atom stereocenters. The monoisotopic (exact) mass is 270 g/mol. The van der Waals surface area contributed by atoms with Crippen LogP contribution in [0.15, 0.2) is 18.2 Å². The van der Waals surface area contributed by atoms with Crippen molar-refractivity contribution in [3.8, 4) is 0 Å². The molecule has 19 heavy (non-hydrogen) atoms. The Morgan fingerprint density at radius 3 is 2.63 bits per heavy atom. The van der Waals surface area contributed by atoms with Gasteiger partial charge in [-0.3, -0.25) is 10.1 Å². The van der Waals surface area contributed by atoms with Crippen LogP contribution in [0.25, 0.3) is 0 Å². The standard InChI is InChI=1S/C12H15FN2O4/c1-12(2,3)19-11(16)14-7-8-6-9(15(17)18)4-5-10(8)13/h4-6H,7H2,1-3H3,(H,14,16). The van der Waals surface area contributed by atoms with Gasteiger partial charge in [-0.1, -0.05) is 0 Å². The molecule has 104 valence electrons. The number of rotatable bonds is 3. The zero-order chi connectivity index (χ0) is 14.6. The maximum atomic E-state index is 13.4. The summed E-state index contributed by atoms with van der Waals surface area (Å²) in [5.41, 5.74) is -0.867. The minimum absolute atomic E-state index is 0.0278. The molecule has 7 heteroatoms. The van der Waals surface area contributed by atoms with Crippen molar-refractivity contribution in [2.45, 2.75) is 32.9 Å². The molecule has 0 aliphatic rings. The smallest absolute Gasteiger partial charge is 0.407 e. The average molecular weight is 270 g/mol. The van der Waals surface area contributed by atoms with E-state index in [0.717, 1.165) is 18.2 Å². The average Bonchev–Trinajstić information content (AvgIpc) is 2.25. The number of halogens is 1. The van der Waals surface area contributed by atoms with Crippen molar-refractivity contribution in [1.82, 2.24) is 5.32 Å². The molecular formula is C12H15FN2O4. The van der Waals surface area contributed by atoms with E-state index in [1.165, 1.54) is 0 Å². The minimum atomic E-state index is -0.710. The van der Waals surface area contributed by atoms with Gasteiger partial charge in [0.1, 0.15) is 11.4 Å². The summed E-state index contributed by atoms with van der Waals surface area (Å²) in [6.45, 7) is 4.91. The van der Waals surface area contributed by atoms with Gasteiger partial charge < -0.3 is 10.1 Å². The van der Waals surface area contributed by atoms with E-state index in [1.54, 1.807) is 20.8 Å². The van der Waals surface area contributed by atoms with Gasteiger partial charge in [-0.2, -0.15) is 0 Å². The fraction of sp³-hybridized carbons (Fsp3) is 0.417. The number of amides is 1. The molecule has 0 aromatic heterocycles. The first-order valence-corrected chi connectivity index (χ1v) is 5.59. The molecule has 1 aromatic rings. The van der Waals surface area contributed by atoms with Crippen LogP contribution in [0.4, 0.5) is 14.9 Å². The van der Waals surface area contributed by atoms with E-state index >= 15 is 0 Å². The highest BCUT2D eigenvalue weighted by Gasteiger charge is 2.17. The Labute approximate surface area is 109 Å². The third-order valence-electron chi connectivity index (χ3n) is 2.06. The largest absolute Gasteiger partial charge is 0.444 e. The number of carbonyl (C=O) groups is 1. The van der Waals surface area contributed by atoms with Gasteiger partial charge in [0.2, 0.25) is 0 Å². The maximum Gasteiger partial charge on any atom is 0.407 e. The summed E-state index contributed by atoms with van der Waals surface area (Å²) in [7, 11) is 0. The number of hydrogen-bond donors (Lipinski definition) is 1. The number of nitrogens with zero attached hydrogens (tertiary/aromatic N) is 1. The number of benzene rings is 1. The number of hydrogen-bond acceptors (Lipinski definition) is 4. The Morgan fingerprint density at radius 1 is 1.47 bits per heavy atom. The molecule has 0 saturated heterocycles. The third kappa shape index (κ3) is 4.90. The molecule has 1 rings (SSSR count). The van der Waals surface area contributed by atoms with Crippen LogP contribution in [-0.4, -0.2) is 16.6 Å². The van der Waals surface area contributed by atoms with Gasteiger partial charge in [-0.25, -0.2) is 9.18 Å². The first kappa shape index (κ1) is 14.9. The lowest BCUT2D eigenvalue weighted by Gasteiger charge is -2.19. The van der Waals surface area contributed by atoms with Crippen LogP contribution in [0.5, 0.6) is 0 Å². The lowest BCUT2D eigenvalue weighted by Crippen LogP contribution is -2.32. The lowest BCUT2D eigenvalue weighted by molar-refractivity contribution is -0.385. The summed E-state index contributed by atoms with van der Waals surface area (Å²) < 4.78 is 18.4. The third-order valence-corrected chi connectivity index (χ3v) is 2.06. The predicted molar refractivity (Wildman–Crippen MR) is 66.1 cm³/mol. The van der Waals surface area contributed by atoms with Crippen molar-refractivity contribution in [1.29, 1.82) is 0 Å². The molecule has 0 atom stereocenters. The van der Waals surface area contributed by atoms with Crippen molar-refractivity contribution >= 4 is 11.8 Å². The molecule has 1 N–H and O–H groups in total. The van der Waals surface area contributed by atoms with E-state index < -0.39 is 22.4 Å². The molecule has 1 aromatic carbocycles. The SMILES string of the molecule is CC(C)(C)OC(=O)NCc1cc([N+](=O)[O-])ccc1F. The van der Waals surface area contributed by atoms with Gasteiger partial charge in [0.05, 0.1) is 4.92 Å². The molecule has 0 aliphatic carbocycles. The molecule has 6 nitrogen and oxygen atoms in total. The van der Waals surface area contributed by atoms with Gasteiger partial charge in [0, 0.05) is 24.2 Å². The van der Waals surface area contributed by atoms with E-state index in [0.29, 0.717) is 0 Å². The number of nitro groups is 1. The summed E-state index contributed by atoms with van der Waals surface area (Å²) in [5, 5.41) is 12.9.